The van der Waals surface area contributed by atoms with Gasteiger partial charge in [0, 0.05) is 26.3 Å². The fraction of sp³-hybridized carbons (Fsp3) is 1.00. The lowest BCUT2D eigenvalue weighted by Crippen LogP contribution is -2.36. The summed E-state index contributed by atoms with van der Waals surface area (Å²) in [6.45, 7) is 11.2. The van der Waals surface area contributed by atoms with Crippen LogP contribution in [0, 0.1) is 5.41 Å². The lowest BCUT2D eigenvalue weighted by molar-refractivity contribution is 0.180. The third-order valence-corrected chi connectivity index (χ3v) is 3.14. The molecule has 0 heterocycles. The van der Waals surface area contributed by atoms with Crippen LogP contribution in [0.25, 0.3) is 0 Å². The standard InChI is InChI=1S/C14H31NO/c1-6-7-8-10-14(3,4)12-15-13(2)9-11-16-5/h13,15H,6-12H2,1-5H3. The number of unbranched alkanes of at least 4 members (excludes halogenated alkanes) is 2. The molecule has 0 saturated carbocycles. The molecule has 0 rings (SSSR count). The lowest BCUT2D eigenvalue weighted by Gasteiger charge is -2.27. The van der Waals surface area contributed by atoms with Crippen molar-refractivity contribution in [3.63, 3.8) is 0 Å². The Morgan fingerprint density at radius 2 is 1.94 bits per heavy atom. The summed E-state index contributed by atoms with van der Waals surface area (Å²) >= 11 is 0. The van der Waals surface area contributed by atoms with Crippen LogP contribution < -0.4 is 5.32 Å². The molecule has 0 spiro atoms. The van der Waals surface area contributed by atoms with Gasteiger partial charge in [-0.15, -0.1) is 0 Å². The second kappa shape index (κ2) is 9.00. The van der Waals surface area contributed by atoms with E-state index in [1.54, 1.807) is 7.11 Å². The molecule has 0 aromatic rings. The summed E-state index contributed by atoms with van der Waals surface area (Å²) in [5.74, 6) is 0. The van der Waals surface area contributed by atoms with Crippen LogP contribution in [0.5, 0.6) is 0 Å². The van der Waals surface area contributed by atoms with Crippen molar-refractivity contribution in [2.45, 2.75) is 65.8 Å². The molecular weight excluding hydrogens is 198 g/mol. The molecule has 1 atom stereocenters. The number of rotatable bonds is 10. The minimum absolute atomic E-state index is 0.427. The molecule has 0 fully saturated rings. The summed E-state index contributed by atoms with van der Waals surface area (Å²) in [6.07, 6.45) is 6.46. The third-order valence-electron chi connectivity index (χ3n) is 3.14. The highest BCUT2D eigenvalue weighted by atomic mass is 16.5. The number of hydrogen-bond acceptors (Lipinski definition) is 2. The maximum absolute atomic E-state index is 5.08. The van der Waals surface area contributed by atoms with E-state index in [1.807, 2.05) is 0 Å². The zero-order chi connectivity index (χ0) is 12.4. The summed E-state index contributed by atoms with van der Waals surface area (Å²) in [5, 5.41) is 3.60. The summed E-state index contributed by atoms with van der Waals surface area (Å²) in [7, 11) is 1.77. The Hall–Kier alpha value is -0.0800. The second-order valence-electron chi connectivity index (χ2n) is 5.68. The molecule has 0 aromatic heterocycles. The van der Waals surface area contributed by atoms with E-state index in [-0.39, 0.29) is 0 Å². The molecule has 0 radical (unpaired) electrons. The number of nitrogens with one attached hydrogen (secondary N) is 1. The smallest absolute Gasteiger partial charge is 0.0476 e. The van der Waals surface area contributed by atoms with Gasteiger partial charge in [-0.2, -0.15) is 0 Å². The zero-order valence-electron chi connectivity index (χ0n) is 11.9. The predicted molar refractivity (Wildman–Crippen MR) is 71.9 cm³/mol. The second-order valence-corrected chi connectivity index (χ2v) is 5.68. The highest BCUT2D eigenvalue weighted by Gasteiger charge is 2.17. The molecule has 0 aliphatic carbocycles. The van der Waals surface area contributed by atoms with Gasteiger partial charge in [-0.3, -0.25) is 0 Å². The molecule has 2 nitrogen and oxygen atoms in total. The quantitative estimate of drug-likeness (QED) is 0.578. The molecule has 2 heteroatoms. The average Bonchev–Trinajstić information content (AvgIpc) is 2.24. The van der Waals surface area contributed by atoms with Gasteiger partial charge in [0.25, 0.3) is 0 Å². The fourth-order valence-electron chi connectivity index (χ4n) is 1.79. The molecule has 0 aromatic carbocycles. The summed E-state index contributed by atoms with van der Waals surface area (Å²) in [5.41, 5.74) is 0.427. The Bertz CT molecular complexity index is 157. The van der Waals surface area contributed by atoms with E-state index in [1.165, 1.54) is 25.7 Å². The van der Waals surface area contributed by atoms with Crippen molar-refractivity contribution < 1.29 is 4.74 Å². The Morgan fingerprint density at radius 3 is 2.50 bits per heavy atom. The van der Waals surface area contributed by atoms with Gasteiger partial charge < -0.3 is 10.1 Å². The molecule has 0 bridgehead atoms. The zero-order valence-corrected chi connectivity index (χ0v) is 11.9. The largest absolute Gasteiger partial charge is 0.385 e. The fourth-order valence-corrected chi connectivity index (χ4v) is 1.79. The van der Waals surface area contributed by atoms with Gasteiger partial charge in [-0.25, -0.2) is 0 Å². The van der Waals surface area contributed by atoms with Crippen molar-refractivity contribution in [1.82, 2.24) is 5.32 Å². The van der Waals surface area contributed by atoms with E-state index in [9.17, 15) is 0 Å². The first kappa shape index (κ1) is 15.9. The van der Waals surface area contributed by atoms with Gasteiger partial charge in [-0.1, -0.05) is 40.0 Å². The Morgan fingerprint density at radius 1 is 1.25 bits per heavy atom. The van der Waals surface area contributed by atoms with E-state index >= 15 is 0 Å². The Labute approximate surface area is 102 Å². The minimum Gasteiger partial charge on any atom is -0.385 e. The van der Waals surface area contributed by atoms with E-state index in [2.05, 4.69) is 33.0 Å². The predicted octanol–water partition coefficient (Wildman–Crippen LogP) is 3.61. The van der Waals surface area contributed by atoms with Gasteiger partial charge in [-0.05, 0) is 25.2 Å². The maximum atomic E-state index is 5.08. The first-order valence-corrected chi connectivity index (χ1v) is 6.74. The molecule has 98 valence electrons. The van der Waals surface area contributed by atoms with Crippen LogP contribution in [-0.4, -0.2) is 26.3 Å². The molecular formula is C14H31NO. The van der Waals surface area contributed by atoms with E-state index in [0.29, 0.717) is 11.5 Å². The SMILES string of the molecule is CCCCCC(C)(C)CNC(C)CCOC. The number of ether oxygens (including phenoxy) is 1. The normalized spacial score (nSPS) is 14.1. The maximum Gasteiger partial charge on any atom is 0.0476 e. The van der Waals surface area contributed by atoms with Gasteiger partial charge >= 0.3 is 0 Å². The summed E-state index contributed by atoms with van der Waals surface area (Å²) in [4.78, 5) is 0. The molecule has 1 N–H and O–H groups in total. The molecule has 0 aliphatic heterocycles. The highest BCUT2D eigenvalue weighted by Crippen LogP contribution is 2.22. The van der Waals surface area contributed by atoms with Gasteiger partial charge in [0.15, 0.2) is 0 Å². The number of hydrogen-bond donors (Lipinski definition) is 1. The van der Waals surface area contributed by atoms with Crippen molar-refractivity contribution >= 4 is 0 Å². The van der Waals surface area contributed by atoms with E-state index < -0.39 is 0 Å². The van der Waals surface area contributed by atoms with Crippen molar-refractivity contribution in [2.75, 3.05) is 20.3 Å². The van der Waals surface area contributed by atoms with Crippen LogP contribution in [-0.2, 0) is 4.74 Å². The van der Waals surface area contributed by atoms with Crippen molar-refractivity contribution in [3.8, 4) is 0 Å². The van der Waals surface area contributed by atoms with Crippen molar-refractivity contribution in [2.24, 2.45) is 5.41 Å². The van der Waals surface area contributed by atoms with Crippen LogP contribution >= 0.6 is 0 Å². The summed E-state index contributed by atoms with van der Waals surface area (Å²) in [6, 6.07) is 0.561. The molecule has 16 heavy (non-hydrogen) atoms. The van der Waals surface area contributed by atoms with Gasteiger partial charge in [0.1, 0.15) is 0 Å². The van der Waals surface area contributed by atoms with Crippen LogP contribution in [0.4, 0.5) is 0 Å². The molecule has 0 amide bonds. The first-order chi connectivity index (χ1) is 7.52. The van der Waals surface area contributed by atoms with Crippen LogP contribution in [0.2, 0.25) is 0 Å². The van der Waals surface area contributed by atoms with Crippen LogP contribution in [0.1, 0.15) is 59.8 Å². The topological polar surface area (TPSA) is 21.3 Å². The minimum atomic E-state index is 0.427. The Kier molecular flexibility index (Phi) is 8.96. The first-order valence-electron chi connectivity index (χ1n) is 6.74. The average molecular weight is 229 g/mol. The molecule has 0 aliphatic rings. The van der Waals surface area contributed by atoms with Gasteiger partial charge in [0.2, 0.25) is 0 Å². The Balaban J connectivity index is 3.62. The van der Waals surface area contributed by atoms with Crippen molar-refractivity contribution in [1.29, 1.82) is 0 Å². The highest BCUT2D eigenvalue weighted by molar-refractivity contribution is 4.73. The molecule has 0 saturated heterocycles. The summed E-state index contributed by atoms with van der Waals surface area (Å²) < 4.78 is 5.08. The van der Waals surface area contributed by atoms with Gasteiger partial charge in [0.05, 0.1) is 0 Å². The molecule has 1 unspecified atom stereocenters. The number of methoxy groups -OCH3 is 1. The lowest BCUT2D eigenvalue weighted by atomic mass is 9.86. The third kappa shape index (κ3) is 9.17. The monoisotopic (exact) mass is 229 g/mol. The van der Waals surface area contributed by atoms with E-state index in [0.717, 1.165) is 19.6 Å². The van der Waals surface area contributed by atoms with Crippen molar-refractivity contribution in [3.05, 3.63) is 0 Å². The van der Waals surface area contributed by atoms with Crippen LogP contribution in [0.3, 0.4) is 0 Å². The van der Waals surface area contributed by atoms with Crippen LogP contribution in [0.15, 0.2) is 0 Å². The van der Waals surface area contributed by atoms with E-state index in [4.69, 9.17) is 4.74 Å².